The third-order valence-electron chi connectivity index (χ3n) is 6.66. The lowest BCUT2D eigenvalue weighted by Gasteiger charge is -2.32. The van der Waals surface area contributed by atoms with Gasteiger partial charge in [0.05, 0.1) is 17.5 Å². The summed E-state index contributed by atoms with van der Waals surface area (Å²) in [6, 6.07) is 9.87. The van der Waals surface area contributed by atoms with Crippen LogP contribution < -0.4 is 0 Å². The Morgan fingerprint density at radius 1 is 1.09 bits per heavy atom. The van der Waals surface area contributed by atoms with E-state index >= 15 is 0 Å². The van der Waals surface area contributed by atoms with E-state index in [1.54, 1.807) is 6.20 Å². The predicted octanol–water partition coefficient (Wildman–Crippen LogP) is 3.84. The maximum Gasteiger partial charge on any atom is 0.257 e. The van der Waals surface area contributed by atoms with E-state index in [0.29, 0.717) is 17.4 Å². The molecule has 4 heterocycles. The highest BCUT2D eigenvalue weighted by Gasteiger charge is 2.27. The van der Waals surface area contributed by atoms with Gasteiger partial charge in [0.15, 0.2) is 5.82 Å². The van der Waals surface area contributed by atoms with Gasteiger partial charge >= 0.3 is 0 Å². The lowest BCUT2D eigenvalue weighted by atomic mass is 9.91. The SMILES string of the molecule is O=C(c1cn[nH]c1-c1ccccc1)N1CCC(CCc2noc(C3CCOCC3)n2)CC1. The maximum absolute atomic E-state index is 13.1. The van der Waals surface area contributed by atoms with Gasteiger partial charge in [-0.3, -0.25) is 9.89 Å². The Labute approximate surface area is 187 Å². The number of aryl methyl sites for hydroxylation is 1. The van der Waals surface area contributed by atoms with Gasteiger partial charge in [0, 0.05) is 44.2 Å². The van der Waals surface area contributed by atoms with Crippen LogP contribution in [0, 0.1) is 5.92 Å². The summed E-state index contributed by atoms with van der Waals surface area (Å²) in [6.45, 7) is 3.07. The molecule has 0 bridgehead atoms. The maximum atomic E-state index is 13.1. The van der Waals surface area contributed by atoms with Gasteiger partial charge in [-0.2, -0.15) is 10.1 Å². The highest BCUT2D eigenvalue weighted by Crippen LogP contribution is 2.28. The van der Waals surface area contributed by atoms with Crippen molar-refractivity contribution >= 4 is 5.91 Å². The molecule has 0 unspecified atom stereocenters. The second-order valence-electron chi connectivity index (χ2n) is 8.73. The van der Waals surface area contributed by atoms with Crippen LogP contribution in [0.25, 0.3) is 11.3 Å². The highest BCUT2D eigenvalue weighted by molar-refractivity contribution is 5.99. The number of amides is 1. The first-order valence-electron chi connectivity index (χ1n) is 11.6. The summed E-state index contributed by atoms with van der Waals surface area (Å²) >= 11 is 0. The molecule has 0 saturated carbocycles. The van der Waals surface area contributed by atoms with Gasteiger partial charge in [-0.25, -0.2) is 0 Å². The summed E-state index contributed by atoms with van der Waals surface area (Å²) in [5, 5.41) is 11.3. The molecule has 5 rings (SSSR count). The van der Waals surface area contributed by atoms with Crippen molar-refractivity contribution in [1.29, 1.82) is 0 Å². The van der Waals surface area contributed by atoms with Crippen molar-refractivity contribution in [1.82, 2.24) is 25.2 Å². The zero-order valence-corrected chi connectivity index (χ0v) is 18.2. The molecule has 1 N–H and O–H groups in total. The number of H-pyrrole nitrogens is 1. The molecule has 8 heteroatoms. The number of hydrogen-bond acceptors (Lipinski definition) is 6. The van der Waals surface area contributed by atoms with E-state index in [9.17, 15) is 4.79 Å². The fraction of sp³-hybridized carbons (Fsp3) is 0.500. The number of likely N-dealkylation sites (tertiary alicyclic amines) is 1. The molecule has 2 fully saturated rings. The van der Waals surface area contributed by atoms with Crippen LogP contribution in [-0.2, 0) is 11.2 Å². The van der Waals surface area contributed by atoms with Gasteiger partial charge in [-0.05, 0) is 38.0 Å². The van der Waals surface area contributed by atoms with Crippen LogP contribution >= 0.6 is 0 Å². The van der Waals surface area contributed by atoms with Crippen molar-refractivity contribution in [3.8, 4) is 11.3 Å². The van der Waals surface area contributed by atoms with E-state index in [1.807, 2.05) is 35.2 Å². The van der Waals surface area contributed by atoms with Crippen LogP contribution in [0.2, 0.25) is 0 Å². The van der Waals surface area contributed by atoms with Crippen LogP contribution in [0.3, 0.4) is 0 Å². The first-order valence-corrected chi connectivity index (χ1v) is 11.6. The summed E-state index contributed by atoms with van der Waals surface area (Å²) in [7, 11) is 0. The Kier molecular flexibility index (Phi) is 6.29. The number of nitrogens with zero attached hydrogens (tertiary/aromatic N) is 4. The van der Waals surface area contributed by atoms with E-state index in [-0.39, 0.29) is 5.91 Å². The monoisotopic (exact) mass is 435 g/mol. The van der Waals surface area contributed by atoms with Crippen LogP contribution in [0.1, 0.15) is 60.1 Å². The van der Waals surface area contributed by atoms with Gasteiger partial charge in [-0.1, -0.05) is 35.5 Å². The normalized spacial score (nSPS) is 18.2. The summed E-state index contributed by atoms with van der Waals surface area (Å²) in [6.07, 6.45) is 7.39. The number of benzene rings is 1. The number of hydrogen-bond donors (Lipinski definition) is 1. The Morgan fingerprint density at radius 3 is 2.66 bits per heavy atom. The summed E-state index contributed by atoms with van der Waals surface area (Å²) < 4.78 is 10.9. The smallest absolute Gasteiger partial charge is 0.257 e. The van der Waals surface area contributed by atoms with Crippen LogP contribution in [-0.4, -0.2) is 57.4 Å². The lowest BCUT2D eigenvalue weighted by molar-refractivity contribution is 0.0687. The van der Waals surface area contributed by atoms with Gasteiger partial charge in [0.1, 0.15) is 0 Å². The molecule has 0 radical (unpaired) electrons. The van der Waals surface area contributed by atoms with E-state index in [4.69, 9.17) is 9.26 Å². The van der Waals surface area contributed by atoms with Crippen molar-refractivity contribution in [3.63, 3.8) is 0 Å². The number of rotatable bonds is 6. The minimum absolute atomic E-state index is 0.0512. The summed E-state index contributed by atoms with van der Waals surface area (Å²) in [4.78, 5) is 19.7. The van der Waals surface area contributed by atoms with Crippen molar-refractivity contribution < 1.29 is 14.1 Å². The topological polar surface area (TPSA) is 97.1 Å². The van der Waals surface area contributed by atoms with E-state index in [1.165, 1.54) is 0 Å². The summed E-state index contributed by atoms with van der Waals surface area (Å²) in [5.41, 5.74) is 2.40. The van der Waals surface area contributed by atoms with Crippen molar-refractivity contribution in [3.05, 3.63) is 53.8 Å². The fourth-order valence-corrected chi connectivity index (χ4v) is 4.68. The second-order valence-corrected chi connectivity index (χ2v) is 8.73. The third kappa shape index (κ3) is 4.60. The second kappa shape index (κ2) is 9.65. The van der Waals surface area contributed by atoms with E-state index < -0.39 is 0 Å². The number of aromatic nitrogens is 4. The Morgan fingerprint density at radius 2 is 1.88 bits per heavy atom. The van der Waals surface area contributed by atoms with Crippen molar-refractivity contribution in [2.75, 3.05) is 26.3 Å². The van der Waals surface area contributed by atoms with Gasteiger partial charge in [0.25, 0.3) is 5.91 Å². The van der Waals surface area contributed by atoms with Crippen molar-refractivity contribution in [2.24, 2.45) is 5.92 Å². The molecule has 32 heavy (non-hydrogen) atoms. The first-order chi connectivity index (χ1) is 15.8. The number of carbonyl (C=O) groups is 1. The standard InChI is InChI=1S/C24H29N5O3/c30-24(20-16-25-27-22(20)18-4-2-1-3-5-18)29-12-8-17(9-13-29)6-7-21-26-23(32-28-21)19-10-14-31-15-11-19/h1-5,16-17,19H,6-15H2,(H,25,27). The van der Waals surface area contributed by atoms with Crippen LogP contribution in [0.15, 0.2) is 41.1 Å². The van der Waals surface area contributed by atoms with E-state index in [0.717, 1.165) is 87.8 Å². The molecule has 3 aromatic rings. The zero-order chi connectivity index (χ0) is 21.8. The van der Waals surface area contributed by atoms with Gasteiger partial charge in [0.2, 0.25) is 5.89 Å². The fourth-order valence-electron chi connectivity index (χ4n) is 4.68. The molecule has 2 saturated heterocycles. The molecule has 8 nitrogen and oxygen atoms in total. The minimum atomic E-state index is 0.0512. The average Bonchev–Trinajstić information content (AvgIpc) is 3.54. The third-order valence-corrected chi connectivity index (χ3v) is 6.66. The van der Waals surface area contributed by atoms with Crippen LogP contribution in [0.5, 0.6) is 0 Å². The predicted molar refractivity (Wildman–Crippen MR) is 118 cm³/mol. The molecule has 1 aromatic carbocycles. The number of ether oxygens (including phenoxy) is 1. The highest BCUT2D eigenvalue weighted by atomic mass is 16.5. The number of aromatic amines is 1. The number of carbonyl (C=O) groups excluding carboxylic acids is 1. The number of nitrogens with one attached hydrogen (secondary N) is 1. The Balaban J connectivity index is 1.12. The lowest BCUT2D eigenvalue weighted by Crippen LogP contribution is -2.38. The minimum Gasteiger partial charge on any atom is -0.381 e. The Bertz CT molecular complexity index is 1020. The average molecular weight is 436 g/mol. The Hall–Kier alpha value is -3.00. The molecule has 2 aliphatic heterocycles. The van der Waals surface area contributed by atoms with Crippen molar-refractivity contribution in [2.45, 2.75) is 44.4 Å². The first kappa shape index (κ1) is 20.9. The molecule has 2 aliphatic rings. The van der Waals surface area contributed by atoms with Gasteiger partial charge < -0.3 is 14.2 Å². The molecule has 168 valence electrons. The molecule has 1 amide bonds. The molecule has 0 aliphatic carbocycles. The molecule has 0 spiro atoms. The molecular weight excluding hydrogens is 406 g/mol. The number of piperidine rings is 1. The van der Waals surface area contributed by atoms with Gasteiger partial charge in [-0.15, -0.1) is 0 Å². The van der Waals surface area contributed by atoms with E-state index in [2.05, 4.69) is 20.3 Å². The quantitative estimate of drug-likeness (QED) is 0.632. The van der Waals surface area contributed by atoms with Crippen LogP contribution in [0.4, 0.5) is 0 Å². The molecular formula is C24H29N5O3. The summed E-state index contributed by atoms with van der Waals surface area (Å²) in [5.74, 6) is 2.52. The zero-order valence-electron chi connectivity index (χ0n) is 18.2. The molecule has 0 atom stereocenters. The molecule has 2 aromatic heterocycles. The largest absolute Gasteiger partial charge is 0.381 e.